The van der Waals surface area contributed by atoms with Crippen molar-refractivity contribution in [1.29, 1.82) is 0 Å². The quantitative estimate of drug-likeness (QED) is 0.654. The van der Waals surface area contributed by atoms with Crippen LogP contribution in [0.15, 0.2) is 36.5 Å². The molecule has 6 heteroatoms. The number of hydrogen-bond donors (Lipinski definition) is 2. The molecule has 2 aromatic rings. The van der Waals surface area contributed by atoms with E-state index in [-0.39, 0.29) is 0 Å². The summed E-state index contributed by atoms with van der Waals surface area (Å²) in [4.78, 5) is 4.29. The Labute approximate surface area is 122 Å². The number of benzene rings is 1. The average molecular weight is 294 g/mol. The Kier molecular flexibility index (Phi) is 4.79. The molecule has 0 saturated heterocycles. The van der Waals surface area contributed by atoms with Crippen LogP contribution in [0.4, 0.5) is 0 Å². The largest absolute Gasteiger partial charge is 0.497 e. The van der Waals surface area contributed by atoms with Gasteiger partial charge >= 0.3 is 0 Å². The second kappa shape index (κ2) is 6.56. The van der Waals surface area contributed by atoms with E-state index in [1.807, 2.05) is 18.2 Å². The zero-order valence-corrected chi connectivity index (χ0v) is 12.0. The second-order valence-electron chi connectivity index (χ2n) is 4.08. The minimum absolute atomic E-state index is 0.395. The molecule has 0 aliphatic heterocycles. The summed E-state index contributed by atoms with van der Waals surface area (Å²) in [5.41, 5.74) is 4.15. The first-order valence-corrected chi connectivity index (χ1v) is 6.37. The van der Waals surface area contributed by atoms with Crippen LogP contribution < -0.4 is 20.7 Å². The lowest BCUT2D eigenvalue weighted by Crippen LogP contribution is -2.30. The molecule has 0 amide bonds. The third-order valence-electron chi connectivity index (χ3n) is 2.97. The standard InChI is InChI=1S/C14H16ClN3O2/c1-19-9-5-6-12(20-2)10(8-9)13(18-16)14-11(15)4-3-7-17-14/h3-8,13,18H,16H2,1-2H3. The number of nitrogens with one attached hydrogen (secondary N) is 1. The molecular formula is C14H16ClN3O2. The number of halogens is 1. The molecule has 20 heavy (non-hydrogen) atoms. The number of pyridine rings is 1. The molecule has 0 radical (unpaired) electrons. The molecule has 0 aliphatic carbocycles. The summed E-state index contributed by atoms with van der Waals surface area (Å²) >= 11 is 6.19. The summed E-state index contributed by atoms with van der Waals surface area (Å²) in [5.74, 6) is 7.05. The Morgan fingerprint density at radius 2 is 2.05 bits per heavy atom. The van der Waals surface area contributed by atoms with Gasteiger partial charge < -0.3 is 9.47 Å². The van der Waals surface area contributed by atoms with Gasteiger partial charge in [0.1, 0.15) is 11.5 Å². The topological polar surface area (TPSA) is 69.4 Å². The van der Waals surface area contributed by atoms with E-state index in [0.29, 0.717) is 22.2 Å². The number of hydrazine groups is 1. The van der Waals surface area contributed by atoms with E-state index in [9.17, 15) is 0 Å². The van der Waals surface area contributed by atoms with Crippen molar-refractivity contribution in [3.05, 3.63) is 52.8 Å². The number of methoxy groups -OCH3 is 2. The summed E-state index contributed by atoms with van der Waals surface area (Å²) in [6.45, 7) is 0. The molecule has 1 aromatic carbocycles. The van der Waals surface area contributed by atoms with E-state index in [0.717, 1.165) is 5.56 Å². The summed E-state index contributed by atoms with van der Waals surface area (Å²) in [5, 5.41) is 0.528. The highest BCUT2D eigenvalue weighted by atomic mass is 35.5. The molecule has 106 valence electrons. The summed E-state index contributed by atoms with van der Waals surface area (Å²) in [6, 6.07) is 8.61. The van der Waals surface area contributed by atoms with Crippen molar-refractivity contribution in [1.82, 2.24) is 10.4 Å². The van der Waals surface area contributed by atoms with Gasteiger partial charge in [0.2, 0.25) is 0 Å². The highest BCUT2D eigenvalue weighted by molar-refractivity contribution is 6.31. The first-order chi connectivity index (χ1) is 9.71. The Balaban J connectivity index is 2.54. The second-order valence-corrected chi connectivity index (χ2v) is 4.49. The van der Waals surface area contributed by atoms with Gasteiger partial charge in [-0.05, 0) is 30.3 Å². The molecular weight excluding hydrogens is 278 g/mol. The van der Waals surface area contributed by atoms with E-state index in [2.05, 4.69) is 10.4 Å². The van der Waals surface area contributed by atoms with E-state index in [1.54, 1.807) is 32.5 Å². The van der Waals surface area contributed by atoms with Gasteiger partial charge in [0.15, 0.2) is 0 Å². The molecule has 0 fully saturated rings. The van der Waals surface area contributed by atoms with Gasteiger partial charge in [-0.2, -0.15) is 0 Å². The van der Waals surface area contributed by atoms with Gasteiger partial charge in [-0.25, -0.2) is 5.43 Å². The van der Waals surface area contributed by atoms with E-state index >= 15 is 0 Å². The van der Waals surface area contributed by atoms with Crippen LogP contribution in [0.1, 0.15) is 17.3 Å². The van der Waals surface area contributed by atoms with Crippen LogP contribution in [0, 0.1) is 0 Å². The average Bonchev–Trinajstić information content (AvgIpc) is 2.49. The zero-order valence-electron chi connectivity index (χ0n) is 11.3. The number of rotatable bonds is 5. The van der Waals surface area contributed by atoms with Crippen LogP contribution in [0.3, 0.4) is 0 Å². The molecule has 1 unspecified atom stereocenters. The maximum atomic E-state index is 6.19. The highest BCUT2D eigenvalue weighted by Crippen LogP contribution is 2.34. The predicted molar refractivity (Wildman–Crippen MR) is 78.0 cm³/mol. The van der Waals surface area contributed by atoms with Crippen LogP contribution in [0.2, 0.25) is 5.02 Å². The van der Waals surface area contributed by atoms with Crippen molar-refractivity contribution in [3.8, 4) is 11.5 Å². The molecule has 0 aliphatic rings. The molecule has 0 spiro atoms. The lowest BCUT2D eigenvalue weighted by atomic mass is 10.0. The van der Waals surface area contributed by atoms with E-state index < -0.39 is 6.04 Å². The first-order valence-electron chi connectivity index (χ1n) is 5.99. The number of nitrogens with two attached hydrogens (primary N) is 1. The Hall–Kier alpha value is -1.82. The number of aromatic nitrogens is 1. The maximum Gasteiger partial charge on any atom is 0.124 e. The van der Waals surface area contributed by atoms with Crippen LogP contribution in [-0.2, 0) is 0 Å². The zero-order chi connectivity index (χ0) is 14.5. The van der Waals surface area contributed by atoms with Gasteiger partial charge in [0, 0.05) is 11.8 Å². The number of hydrogen-bond acceptors (Lipinski definition) is 5. The maximum absolute atomic E-state index is 6.19. The first kappa shape index (κ1) is 14.6. The minimum atomic E-state index is -0.395. The normalized spacial score (nSPS) is 12.0. The van der Waals surface area contributed by atoms with Gasteiger partial charge in [-0.3, -0.25) is 10.8 Å². The molecule has 0 saturated carbocycles. The van der Waals surface area contributed by atoms with Crippen molar-refractivity contribution in [2.45, 2.75) is 6.04 Å². The Bertz CT molecular complexity index is 592. The van der Waals surface area contributed by atoms with Crippen molar-refractivity contribution >= 4 is 11.6 Å². The monoisotopic (exact) mass is 293 g/mol. The number of ether oxygens (including phenoxy) is 2. The number of nitrogens with zero attached hydrogens (tertiary/aromatic N) is 1. The van der Waals surface area contributed by atoms with Crippen molar-refractivity contribution in [2.75, 3.05) is 14.2 Å². The Morgan fingerprint density at radius 3 is 2.65 bits per heavy atom. The highest BCUT2D eigenvalue weighted by Gasteiger charge is 2.21. The van der Waals surface area contributed by atoms with Crippen molar-refractivity contribution < 1.29 is 9.47 Å². The fourth-order valence-electron chi connectivity index (χ4n) is 1.99. The predicted octanol–water partition coefficient (Wildman–Crippen LogP) is 2.30. The van der Waals surface area contributed by atoms with E-state index in [4.69, 9.17) is 26.9 Å². The van der Waals surface area contributed by atoms with E-state index in [1.165, 1.54) is 0 Å². The molecule has 3 N–H and O–H groups in total. The molecule has 1 atom stereocenters. The molecule has 1 aromatic heterocycles. The molecule has 5 nitrogen and oxygen atoms in total. The molecule has 2 rings (SSSR count). The summed E-state index contributed by atoms with van der Waals surface area (Å²) < 4.78 is 10.6. The third kappa shape index (κ3) is 2.85. The molecule has 1 heterocycles. The van der Waals surface area contributed by atoms with Crippen molar-refractivity contribution in [3.63, 3.8) is 0 Å². The fraction of sp³-hybridized carbons (Fsp3) is 0.214. The van der Waals surface area contributed by atoms with Gasteiger partial charge in [0.25, 0.3) is 0 Å². The van der Waals surface area contributed by atoms with Crippen LogP contribution in [-0.4, -0.2) is 19.2 Å². The van der Waals surface area contributed by atoms with Crippen LogP contribution >= 0.6 is 11.6 Å². The van der Waals surface area contributed by atoms with Crippen molar-refractivity contribution in [2.24, 2.45) is 5.84 Å². The van der Waals surface area contributed by atoms with Crippen LogP contribution in [0.5, 0.6) is 11.5 Å². The van der Waals surface area contributed by atoms with Gasteiger partial charge in [-0.1, -0.05) is 11.6 Å². The minimum Gasteiger partial charge on any atom is -0.497 e. The third-order valence-corrected chi connectivity index (χ3v) is 3.29. The fourth-order valence-corrected chi connectivity index (χ4v) is 2.22. The van der Waals surface area contributed by atoms with Crippen LogP contribution in [0.25, 0.3) is 0 Å². The smallest absolute Gasteiger partial charge is 0.124 e. The lowest BCUT2D eigenvalue weighted by Gasteiger charge is -2.20. The SMILES string of the molecule is COc1ccc(OC)c(C(NN)c2ncccc2Cl)c1. The van der Waals surface area contributed by atoms with Gasteiger partial charge in [0.05, 0.1) is 31.0 Å². The summed E-state index contributed by atoms with van der Waals surface area (Å²) in [7, 11) is 3.20. The molecule has 0 bridgehead atoms. The lowest BCUT2D eigenvalue weighted by molar-refractivity contribution is 0.393. The van der Waals surface area contributed by atoms with Gasteiger partial charge in [-0.15, -0.1) is 0 Å². The Morgan fingerprint density at radius 1 is 1.25 bits per heavy atom. The summed E-state index contributed by atoms with van der Waals surface area (Å²) in [6.07, 6.45) is 1.66.